The van der Waals surface area contributed by atoms with Gasteiger partial charge in [0.1, 0.15) is 11.8 Å². The van der Waals surface area contributed by atoms with Crippen molar-refractivity contribution >= 4 is 5.97 Å². The number of methoxy groups -OCH3 is 1. The van der Waals surface area contributed by atoms with E-state index >= 15 is 0 Å². The minimum atomic E-state index is -0.290. The fourth-order valence-corrected chi connectivity index (χ4v) is 2.13. The zero-order valence-corrected chi connectivity index (χ0v) is 13.7. The summed E-state index contributed by atoms with van der Waals surface area (Å²) in [4.78, 5) is 11.8. The van der Waals surface area contributed by atoms with E-state index in [2.05, 4.69) is 19.2 Å². The third kappa shape index (κ3) is 6.17. The number of hydrogen-bond donors (Lipinski definition) is 1. The van der Waals surface area contributed by atoms with Crippen molar-refractivity contribution in [1.29, 1.82) is 0 Å². The number of ether oxygens (including phenoxy) is 2. The normalized spacial score (nSPS) is 12.5. The van der Waals surface area contributed by atoms with E-state index in [0.29, 0.717) is 12.5 Å². The topological polar surface area (TPSA) is 47.6 Å². The van der Waals surface area contributed by atoms with Crippen molar-refractivity contribution < 1.29 is 14.3 Å². The zero-order valence-electron chi connectivity index (χ0n) is 13.7. The third-order valence-corrected chi connectivity index (χ3v) is 3.07. The predicted octanol–water partition coefficient (Wildman–Crippen LogP) is 3.15. The van der Waals surface area contributed by atoms with Gasteiger partial charge in [-0.15, -0.1) is 0 Å². The Hall–Kier alpha value is -1.55. The van der Waals surface area contributed by atoms with Crippen LogP contribution in [0.4, 0.5) is 0 Å². The van der Waals surface area contributed by atoms with Crippen LogP contribution < -0.4 is 10.1 Å². The summed E-state index contributed by atoms with van der Waals surface area (Å²) in [7, 11) is 1.42. The Bertz CT molecular complexity index is 443. The van der Waals surface area contributed by atoms with Crippen LogP contribution in [0.1, 0.15) is 39.7 Å². The highest BCUT2D eigenvalue weighted by molar-refractivity contribution is 5.75. The summed E-state index contributed by atoms with van der Waals surface area (Å²) >= 11 is 0. The van der Waals surface area contributed by atoms with Gasteiger partial charge in [-0.05, 0) is 32.3 Å². The van der Waals surface area contributed by atoms with E-state index in [1.54, 1.807) is 0 Å². The number of carbonyl (C=O) groups is 1. The van der Waals surface area contributed by atoms with Crippen molar-refractivity contribution in [3.05, 3.63) is 29.8 Å². The molecule has 4 heteroatoms. The molecule has 0 aliphatic heterocycles. The quantitative estimate of drug-likeness (QED) is 0.748. The second-order valence-electron chi connectivity index (χ2n) is 5.86. The zero-order chi connectivity index (χ0) is 15.8. The lowest BCUT2D eigenvalue weighted by atomic mass is 10.0. The molecule has 0 spiro atoms. The molecule has 0 aliphatic rings. The van der Waals surface area contributed by atoms with E-state index in [0.717, 1.165) is 17.7 Å². The van der Waals surface area contributed by atoms with Crippen LogP contribution >= 0.6 is 0 Å². The first kappa shape index (κ1) is 17.5. The molecule has 0 saturated heterocycles. The summed E-state index contributed by atoms with van der Waals surface area (Å²) in [5.41, 5.74) is 1.05. The molecule has 0 aromatic heterocycles. The minimum absolute atomic E-state index is 0.123. The van der Waals surface area contributed by atoms with Gasteiger partial charge in [0.2, 0.25) is 0 Å². The van der Waals surface area contributed by atoms with Gasteiger partial charge < -0.3 is 14.8 Å². The van der Waals surface area contributed by atoms with Crippen molar-refractivity contribution in [3.8, 4) is 5.75 Å². The minimum Gasteiger partial charge on any atom is -0.491 e. The average molecular weight is 293 g/mol. The van der Waals surface area contributed by atoms with Crippen molar-refractivity contribution in [2.75, 3.05) is 7.11 Å². The van der Waals surface area contributed by atoms with Gasteiger partial charge in [0.15, 0.2) is 0 Å². The van der Waals surface area contributed by atoms with Crippen LogP contribution in [0.2, 0.25) is 0 Å². The van der Waals surface area contributed by atoms with Gasteiger partial charge in [0.25, 0.3) is 0 Å². The number of rotatable bonds is 8. The largest absolute Gasteiger partial charge is 0.491 e. The summed E-state index contributed by atoms with van der Waals surface area (Å²) in [6, 6.07) is 7.59. The lowest BCUT2D eigenvalue weighted by molar-refractivity contribution is -0.143. The van der Waals surface area contributed by atoms with Gasteiger partial charge >= 0.3 is 5.97 Å². The highest BCUT2D eigenvalue weighted by atomic mass is 16.5. The van der Waals surface area contributed by atoms with Crippen LogP contribution in [0.15, 0.2) is 24.3 Å². The number of para-hydroxylation sites is 1. The van der Waals surface area contributed by atoms with E-state index < -0.39 is 0 Å². The molecule has 1 aromatic rings. The first-order chi connectivity index (χ1) is 9.93. The molecule has 118 valence electrons. The molecule has 0 radical (unpaired) electrons. The lowest BCUT2D eigenvalue weighted by Crippen LogP contribution is -2.38. The van der Waals surface area contributed by atoms with Gasteiger partial charge in [0.05, 0.1) is 13.2 Å². The monoisotopic (exact) mass is 293 g/mol. The van der Waals surface area contributed by atoms with Crippen LogP contribution in [0.25, 0.3) is 0 Å². The van der Waals surface area contributed by atoms with Gasteiger partial charge in [-0.1, -0.05) is 32.0 Å². The first-order valence-corrected chi connectivity index (χ1v) is 7.49. The van der Waals surface area contributed by atoms with Crippen LogP contribution in [0, 0.1) is 5.92 Å². The van der Waals surface area contributed by atoms with E-state index in [-0.39, 0.29) is 18.1 Å². The standard InChI is InChI=1S/C17H27NO3/c1-12(2)10-15(17(19)20-5)18-11-14-8-6-7-9-16(14)21-13(3)4/h6-9,12-13,15,18H,10-11H2,1-5H3. The lowest BCUT2D eigenvalue weighted by Gasteiger charge is -2.20. The maximum atomic E-state index is 11.8. The molecule has 1 rings (SSSR count). The number of hydrogen-bond acceptors (Lipinski definition) is 4. The molecule has 0 bridgehead atoms. The van der Waals surface area contributed by atoms with E-state index in [4.69, 9.17) is 9.47 Å². The van der Waals surface area contributed by atoms with E-state index in [1.165, 1.54) is 7.11 Å². The van der Waals surface area contributed by atoms with Gasteiger partial charge in [-0.25, -0.2) is 0 Å². The maximum Gasteiger partial charge on any atom is 0.322 e. The number of benzene rings is 1. The second kappa shape index (κ2) is 8.67. The van der Waals surface area contributed by atoms with Crippen molar-refractivity contribution in [2.24, 2.45) is 5.92 Å². The van der Waals surface area contributed by atoms with Crippen LogP contribution in [-0.4, -0.2) is 25.2 Å². The van der Waals surface area contributed by atoms with Gasteiger partial charge in [-0.3, -0.25) is 4.79 Å². The predicted molar refractivity (Wildman–Crippen MR) is 84.3 cm³/mol. The Kier molecular flexibility index (Phi) is 7.23. The third-order valence-electron chi connectivity index (χ3n) is 3.07. The Morgan fingerprint density at radius 1 is 1.19 bits per heavy atom. The average Bonchev–Trinajstić information content (AvgIpc) is 2.43. The molecule has 0 saturated carbocycles. The first-order valence-electron chi connectivity index (χ1n) is 7.49. The molecule has 1 unspecified atom stereocenters. The van der Waals surface area contributed by atoms with Crippen LogP contribution in [-0.2, 0) is 16.1 Å². The van der Waals surface area contributed by atoms with Gasteiger partial charge in [-0.2, -0.15) is 0 Å². The van der Waals surface area contributed by atoms with E-state index in [1.807, 2.05) is 38.1 Å². The van der Waals surface area contributed by atoms with Crippen LogP contribution in [0.5, 0.6) is 5.75 Å². The fraction of sp³-hybridized carbons (Fsp3) is 0.588. The summed E-state index contributed by atoms with van der Waals surface area (Å²) in [5.74, 6) is 1.06. The van der Waals surface area contributed by atoms with E-state index in [9.17, 15) is 4.79 Å². The second-order valence-corrected chi connectivity index (χ2v) is 5.86. The molecular formula is C17H27NO3. The summed E-state index contributed by atoms with van der Waals surface area (Å²) in [5, 5.41) is 3.28. The molecular weight excluding hydrogens is 266 g/mol. The fourth-order valence-electron chi connectivity index (χ4n) is 2.13. The Morgan fingerprint density at radius 3 is 2.43 bits per heavy atom. The summed E-state index contributed by atoms with van der Waals surface area (Å²) in [6.07, 6.45) is 0.873. The highest BCUT2D eigenvalue weighted by Gasteiger charge is 2.20. The molecule has 21 heavy (non-hydrogen) atoms. The molecule has 1 atom stereocenters. The highest BCUT2D eigenvalue weighted by Crippen LogP contribution is 2.19. The SMILES string of the molecule is COC(=O)C(CC(C)C)NCc1ccccc1OC(C)C. The number of esters is 1. The van der Waals surface area contributed by atoms with Gasteiger partial charge in [0, 0.05) is 12.1 Å². The molecule has 1 N–H and O–H groups in total. The number of nitrogens with one attached hydrogen (secondary N) is 1. The molecule has 1 aromatic carbocycles. The number of carbonyl (C=O) groups excluding carboxylic acids is 1. The Labute approximate surface area is 127 Å². The van der Waals surface area contributed by atoms with Crippen molar-refractivity contribution in [3.63, 3.8) is 0 Å². The van der Waals surface area contributed by atoms with Crippen molar-refractivity contribution in [1.82, 2.24) is 5.32 Å². The Morgan fingerprint density at radius 2 is 1.86 bits per heavy atom. The molecule has 0 amide bonds. The smallest absolute Gasteiger partial charge is 0.322 e. The van der Waals surface area contributed by atoms with Crippen molar-refractivity contribution in [2.45, 2.75) is 52.8 Å². The molecule has 0 heterocycles. The molecule has 4 nitrogen and oxygen atoms in total. The maximum absolute atomic E-state index is 11.8. The molecule has 0 aliphatic carbocycles. The Balaban J connectivity index is 2.73. The summed E-state index contributed by atoms with van der Waals surface area (Å²) in [6.45, 7) is 8.76. The molecule has 0 fully saturated rings. The van der Waals surface area contributed by atoms with Crippen LogP contribution in [0.3, 0.4) is 0 Å². The summed E-state index contributed by atoms with van der Waals surface area (Å²) < 4.78 is 10.7.